The van der Waals surface area contributed by atoms with E-state index in [2.05, 4.69) is 10.1 Å². The van der Waals surface area contributed by atoms with E-state index in [1.165, 1.54) is 4.90 Å². The number of amides is 1. The molecule has 0 bridgehead atoms. The quantitative estimate of drug-likeness (QED) is 0.751. The summed E-state index contributed by atoms with van der Waals surface area (Å²) in [4.78, 5) is 17.4. The Kier molecular flexibility index (Phi) is 4.94. The van der Waals surface area contributed by atoms with Gasteiger partial charge in [0.25, 0.3) is 0 Å². The molecule has 1 amide bonds. The highest BCUT2D eigenvalue weighted by molar-refractivity contribution is 7.91. The number of nitrogens with zero attached hydrogens (tertiary/aromatic N) is 3. The van der Waals surface area contributed by atoms with Crippen LogP contribution in [0.3, 0.4) is 0 Å². The van der Waals surface area contributed by atoms with E-state index in [9.17, 15) is 13.2 Å². The lowest BCUT2D eigenvalue weighted by atomic mass is 10.2. The molecule has 9 heteroatoms. The maximum absolute atomic E-state index is 12.0. The average Bonchev–Trinajstić information content (AvgIpc) is 2.87. The Bertz CT molecular complexity index is 590. The van der Waals surface area contributed by atoms with Crippen LogP contribution in [0.4, 0.5) is 0 Å². The topological polar surface area (TPSA) is 103 Å². The number of morpholine rings is 1. The Hall–Kier alpha value is -1.48. The fourth-order valence-electron chi connectivity index (χ4n) is 1.89. The van der Waals surface area contributed by atoms with Gasteiger partial charge in [0, 0.05) is 19.0 Å². The Morgan fingerprint density at radius 2 is 2.00 bits per heavy atom. The smallest absolute Gasteiger partial charge is 0.241 e. The van der Waals surface area contributed by atoms with Crippen LogP contribution in [0.5, 0.6) is 0 Å². The Labute approximate surface area is 123 Å². The van der Waals surface area contributed by atoms with Crippen molar-refractivity contribution in [1.29, 1.82) is 0 Å². The van der Waals surface area contributed by atoms with Crippen molar-refractivity contribution in [3.8, 4) is 0 Å². The third kappa shape index (κ3) is 4.50. The molecule has 0 saturated carbocycles. The van der Waals surface area contributed by atoms with Crippen molar-refractivity contribution in [2.45, 2.75) is 25.5 Å². The van der Waals surface area contributed by atoms with E-state index in [1.54, 1.807) is 0 Å². The van der Waals surface area contributed by atoms with Gasteiger partial charge in [0.15, 0.2) is 15.7 Å². The monoisotopic (exact) mass is 317 g/mol. The first-order chi connectivity index (χ1) is 9.87. The molecule has 0 aromatic carbocycles. The maximum atomic E-state index is 12.0. The maximum Gasteiger partial charge on any atom is 0.241 e. The molecule has 2 heterocycles. The van der Waals surface area contributed by atoms with Gasteiger partial charge in [-0.2, -0.15) is 4.98 Å². The second-order valence-electron chi connectivity index (χ2n) is 5.23. The van der Waals surface area contributed by atoms with Gasteiger partial charge in [-0.25, -0.2) is 8.42 Å². The molecule has 1 aromatic heterocycles. The van der Waals surface area contributed by atoms with Crippen molar-refractivity contribution in [2.24, 2.45) is 0 Å². The third-order valence-corrected chi connectivity index (χ3v) is 4.42. The number of carbonyl (C=O) groups is 1. The van der Waals surface area contributed by atoms with Gasteiger partial charge in [-0.15, -0.1) is 0 Å². The predicted molar refractivity (Wildman–Crippen MR) is 73.3 cm³/mol. The van der Waals surface area contributed by atoms with E-state index >= 15 is 0 Å². The number of hydrogen-bond donors (Lipinski definition) is 0. The molecular weight excluding hydrogens is 298 g/mol. The largest absolute Gasteiger partial charge is 0.378 e. The van der Waals surface area contributed by atoms with Gasteiger partial charge in [0.05, 0.1) is 13.2 Å². The van der Waals surface area contributed by atoms with E-state index in [1.807, 2.05) is 13.8 Å². The molecule has 0 unspecified atom stereocenters. The molecule has 2 rings (SSSR count). The molecule has 1 aromatic rings. The first-order valence-corrected chi connectivity index (χ1v) is 8.58. The molecule has 1 aliphatic rings. The van der Waals surface area contributed by atoms with Crippen molar-refractivity contribution in [2.75, 3.05) is 32.1 Å². The van der Waals surface area contributed by atoms with Crippen LogP contribution in [-0.4, -0.2) is 61.4 Å². The number of rotatable bonds is 5. The van der Waals surface area contributed by atoms with E-state index in [0.29, 0.717) is 32.1 Å². The minimum atomic E-state index is -3.62. The summed E-state index contributed by atoms with van der Waals surface area (Å²) >= 11 is 0. The lowest BCUT2D eigenvalue weighted by Crippen LogP contribution is -2.43. The number of carbonyl (C=O) groups excluding carboxylic acids is 1. The van der Waals surface area contributed by atoms with Gasteiger partial charge in [-0.3, -0.25) is 4.79 Å². The molecular formula is C12H19N3O5S. The molecule has 1 saturated heterocycles. The van der Waals surface area contributed by atoms with Crippen molar-refractivity contribution < 1.29 is 22.5 Å². The van der Waals surface area contributed by atoms with Crippen LogP contribution in [-0.2, 0) is 25.1 Å². The Morgan fingerprint density at radius 1 is 1.33 bits per heavy atom. The number of ether oxygens (including phenoxy) is 1. The van der Waals surface area contributed by atoms with Crippen molar-refractivity contribution >= 4 is 15.7 Å². The number of aromatic nitrogens is 2. The SMILES string of the molecule is CC(C)c1noc(CS(=O)(=O)CC(=O)N2CCOCC2)n1. The molecule has 0 radical (unpaired) electrons. The molecule has 0 spiro atoms. The molecule has 0 atom stereocenters. The van der Waals surface area contributed by atoms with E-state index in [-0.39, 0.29) is 11.8 Å². The molecule has 1 fully saturated rings. The molecule has 1 aliphatic heterocycles. The lowest BCUT2D eigenvalue weighted by molar-refractivity contribution is -0.132. The molecule has 0 aliphatic carbocycles. The Balaban J connectivity index is 1.95. The first-order valence-electron chi connectivity index (χ1n) is 6.76. The van der Waals surface area contributed by atoms with Gasteiger partial charge in [-0.05, 0) is 0 Å². The zero-order chi connectivity index (χ0) is 15.5. The minimum absolute atomic E-state index is 0.0217. The summed E-state index contributed by atoms with van der Waals surface area (Å²) < 4.78 is 34.1. The Morgan fingerprint density at radius 3 is 2.57 bits per heavy atom. The van der Waals surface area contributed by atoms with Crippen LogP contribution < -0.4 is 0 Å². The third-order valence-electron chi connectivity index (χ3n) is 3.05. The number of hydrogen-bond acceptors (Lipinski definition) is 7. The van der Waals surface area contributed by atoms with E-state index in [0.717, 1.165) is 0 Å². The second-order valence-corrected chi connectivity index (χ2v) is 7.29. The number of sulfone groups is 1. The highest BCUT2D eigenvalue weighted by Gasteiger charge is 2.25. The normalized spacial score (nSPS) is 16.4. The fourth-order valence-corrected chi connectivity index (χ4v) is 3.05. The van der Waals surface area contributed by atoms with Crippen molar-refractivity contribution in [3.63, 3.8) is 0 Å². The van der Waals surface area contributed by atoms with Gasteiger partial charge in [-0.1, -0.05) is 19.0 Å². The van der Waals surface area contributed by atoms with Gasteiger partial charge < -0.3 is 14.2 Å². The highest BCUT2D eigenvalue weighted by Crippen LogP contribution is 2.12. The summed E-state index contributed by atoms with van der Waals surface area (Å²) in [5.41, 5.74) is 0. The molecule has 0 N–H and O–H groups in total. The van der Waals surface area contributed by atoms with E-state index < -0.39 is 27.3 Å². The van der Waals surface area contributed by atoms with Crippen molar-refractivity contribution in [1.82, 2.24) is 15.0 Å². The van der Waals surface area contributed by atoms with Crippen LogP contribution in [0.15, 0.2) is 4.52 Å². The van der Waals surface area contributed by atoms with Crippen LogP contribution in [0, 0.1) is 0 Å². The van der Waals surface area contributed by atoms with E-state index in [4.69, 9.17) is 9.26 Å². The highest BCUT2D eigenvalue weighted by atomic mass is 32.2. The fraction of sp³-hybridized carbons (Fsp3) is 0.750. The van der Waals surface area contributed by atoms with Crippen molar-refractivity contribution in [3.05, 3.63) is 11.7 Å². The van der Waals surface area contributed by atoms with Crippen LogP contribution in [0.2, 0.25) is 0 Å². The van der Waals surface area contributed by atoms with Gasteiger partial charge >= 0.3 is 0 Å². The molecule has 21 heavy (non-hydrogen) atoms. The predicted octanol–water partition coefficient (Wildman–Crippen LogP) is -0.0334. The standard InChI is InChI=1S/C12H19N3O5S/c1-9(2)12-13-10(20-14-12)7-21(17,18)8-11(16)15-3-5-19-6-4-15/h9H,3-8H2,1-2H3. The summed E-state index contributed by atoms with van der Waals surface area (Å²) in [5.74, 6) is -0.842. The second kappa shape index (κ2) is 6.52. The lowest BCUT2D eigenvalue weighted by Gasteiger charge is -2.26. The average molecular weight is 317 g/mol. The first kappa shape index (κ1) is 15.9. The van der Waals surface area contributed by atoms with Crippen LogP contribution >= 0.6 is 0 Å². The molecule has 8 nitrogen and oxygen atoms in total. The van der Waals surface area contributed by atoms with Crippen LogP contribution in [0.1, 0.15) is 31.5 Å². The summed E-state index contributed by atoms with van der Waals surface area (Å²) in [6.45, 7) is 5.48. The summed E-state index contributed by atoms with van der Waals surface area (Å²) in [6, 6.07) is 0. The summed E-state index contributed by atoms with van der Waals surface area (Å²) in [6.07, 6.45) is 0. The zero-order valence-electron chi connectivity index (χ0n) is 12.1. The molecule has 118 valence electrons. The summed E-state index contributed by atoms with van der Waals surface area (Å²) in [7, 11) is -3.62. The van der Waals surface area contributed by atoms with Crippen LogP contribution in [0.25, 0.3) is 0 Å². The van der Waals surface area contributed by atoms with Gasteiger partial charge in [0.2, 0.25) is 11.8 Å². The zero-order valence-corrected chi connectivity index (χ0v) is 12.9. The van der Waals surface area contributed by atoms with Gasteiger partial charge in [0.1, 0.15) is 11.5 Å². The minimum Gasteiger partial charge on any atom is -0.378 e. The summed E-state index contributed by atoms with van der Waals surface area (Å²) in [5, 5.41) is 3.71.